The van der Waals surface area contributed by atoms with E-state index in [0.717, 1.165) is 64.0 Å². The van der Waals surface area contributed by atoms with Crippen molar-refractivity contribution in [3.05, 3.63) is 12.2 Å². The van der Waals surface area contributed by atoms with E-state index in [1.165, 1.54) is 0 Å². The molecule has 24 heavy (non-hydrogen) atoms. The van der Waals surface area contributed by atoms with Crippen LogP contribution >= 0.6 is 24.0 Å². The maximum atomic E-state index is 12.3. The fourth-order valence-electron chi connectivity index (χ4n) is 3.04. The minimum absolute atomic E-state index is 0. The number of guanidine groups is 1. The van der Waals surface area contributed by atoms with Crippen LogP contribution < -0.4 is 16.0 Å². The second-order valence-corrected chi connectivity index (χ2v) is 6.61. The third-order valence-electron chi connectivity index (χ3n) is 4.46. The molecule has 2 aliphatic carbocycles. The van der Waals surface area contributed by atoms with Crippen molar-refractivity contribution in [2.24, 2.45) is 10.9 Å². The van der Waals surface area contributed by atoms with Crippen LogP contribution in [0.4, 0.5) is 0 Å². The van der Waals surface area contributed by atoms with Gasteiger partial charge in [-0.2, -0.15) is 0 Å². The summed E-state index contributed by atoms with van der Waals surface area (Å²) in [6.45, 7) is 5.75. The fourth-order valence-corrected chi connectivity index (χ4v) is 3.04. The number of aliphatic imine (C=N–C) groups is 1. The molecule has 2 rings (SSSR count). The van der Waals surface area contributed by atoms with E-state index in [4.69, 9.17) is 0 Å². The molecule has 1 amide bonds. The predicted molar refractivity (Wildman–Crippen MR) is 111 cm³/mol. The molecule has 0 saturated heterocycles. The third kappa shape index (κ3) is 7.85. The van der Waals surface area contributed by atoms with Crippen molar-refractivity contribution in [3.63, 3.8) is 0 Å². The molecule has 6 heteroatoms. The van der Waals surface area contributed by atoms with E-state index in [2.05, 4.69) is 40.0 Å². The lowest BCUT2D eigenvalue weighted by Crippen LogP contribution is -2.47. The molecule has 0 spiro atoms. The summed E-state index contributed by atoms with van der Waals surface area (Å²) in [4.78, 5) is 16.9. The van der Waals surface area contributed by atoms with Crippen molar-refractivity contribution in [2.45, 2.75) is 70.9 Å². The molecule has 2 fully saturated rings. The average molecular weight is 448 g/mol. The number of rotatable bonds is 7. The van der Waals surface area contributed by atoms with E-state index in [9.17, 15) is 4.79 Å². The van der Waals surface area contributed by atoms with E-state index in [0.29, 0.717) is 12.1 Å². The van der Waals surface area contributed by atoms with Crippen molar-refractivity contribution in [1.82, 2.24) is 16.0 Å². The van der Waals surface area contributed by atoms with Gasteiger partial charge in [0.15, 0.2) is 5.96 Å². The van der Waals surface area contributed by atoms with Gasteiger partial charge in [0, 0.05) is 31.1 Å². The van der Waals surface area contributed by atoms with Crippen molar-refractivity contribution < 1.29 is 4.79 Å². The number of halogens is 1. The highest BCUT2D eigenvalue weighted by Crippen LogP contribution is 2.26. The zero-order valence-electron chi connectivity index (χ0n) is 15.0. The Morgan fingerprint density at radius 3 is 2.62 bits per heavy atom. The number of nitrogens with zero attached hydrogens (tertiary/aromatic N) is 1. The molecule has 2 aliphatic rings. The number of allylic oxidation sites excluding steroid dienone is 1. The standard InChI is InChI=1S/C18H32N4O.HI/c1-3-5-6-12-20-18(19-4-2)22-16-9-7-8-14(13-16)17(23)21-15-10-11-15;/h3,5,14-16H,4,6-13H2,1-2H3,(H,21,23)(H2,19,20,22);1H/b5-3+;. The van der Waals surface area contributed by atoms with E-state index < -0.39 is 0 Å². The van der Waals surface area contributed by atoms with Crippen LogP contribution in [0, 0.1) is 5.92 Å². The van der Waals surface area contributed by atoms with Crippen LogP contribution in [0.3, 0.4) is 0 Å². The van der Waals surface area contributed by atoms with Crippen molar-refractivity contribution >= 4 is 35.8 Å². The number of carbonyl (C=O) groups is 1. The topological polar surface area (TPSA) is 65.5 Å². The minimum Gasteiger partial charge on any atom is -0.357 e. The third-order valence-corrected chi connectivity index (χ3v) is 4.46. The summed E-state index contributed by atoms with van der Waals surface area (Å²) in [7, 11) is 0. The first-order valence-corrected chi connectivity index (χ1v) is 9.19. The Bertz CT molecular complexity index is 435. The Labute approximate surface area is 163 Å². The highest BCUT2D eigenvalue weighted by Gasteiger charge is 2.31. The molecule has 0 aromatic rings. The molecule has 0 heterocycles. The first-order valence-electron chi connectivity index (χ1n) is 9.19. The van der Waals surface area contributed by atoms with Gasteiger partial charge in [-0.05, 0) is 52.4 Å². The van der Waals surface area contributed by atoms with Crippen molar-refractivity contribution in [2.75, 3.05) is 13.1 Å². The van der Waals surface area contributed by atoms with Gasteiger partial charge in [0.25, 0.3) is 0 Å². The Morgan fingerprint density at radius 2 is 1.96 bits per heavy atom. The molecular formula is C18H33IN4O. The molecule has 3 N–H and O–H groups in total. The van der Waals surface area contributed by atoms with Crippen LogP contribution in [-0.4, -0.2) is 37.0 Å². The number of hydrogen-bond donors (Lipinski definition) is 3. The number of carbonyl (C=O) groups excluding carboxylic acids is 1. The van der Waals surface area contributed by atoms with Crippen LogP contribution in [0.15, 0.2) is 17.1 Å². The van der Waals surface area contributed by atoms with Crippen LogP contribution in [0.2, 0.25) is 0 Å². The summed E-state index contributed by atoms with van der Waals surface area (Å²) in [5.74, 6) is 1.30. The lowest BCUT2D eigenvalue weighted by atomic mass is 9.85. The smallest absolute Gasteiger partial charge is 0.223 e. The maximum absolute atomic E-state index is 12.3. The molecular weight excluding hydrogens is 415 g/mol. The minimum atomic E-state index is 0. The maximum Gasteiger partial charge on any atom is 0.223 e. The fraction of sp³-hybridized carbons (Fsp3) is 0.778. The highest BCUT2D eigenvalue weighted by molar-refractivity contribution is 14.0. The monoisotopic (exact) mass is 448 g/mol. The lowest BCUT2D eigenvalue weighted by molar-refractivity contribution is -0.126. The zero-order chi connectivity index (χ0) is 16.5. The molecule has 5 nitrogen and oxygen atoms in total. The SMILES string of the molecule is C/C=C/CCN=C(NCC)NC1CCCC(C(=O)NC2CC2)C1.I. The predicted octanol–water partition coefficient (Wildman–Crippen LogP) is 2.96. The summed E-state index contributed by atoms with van der Waals surface area (Å²) in [6.07, 6.45) is 11.6. The summed E-state index contributed by atoms with van der Waals surface area (Å²) in [6, 6.07) is 0.805. The van der Waals surface area contributed by atoms with Crippen LogP contribution in [0.5, 0.6) is 0 Å². The van der Waals surface area contributed by atoms with Gasteiger partial charge >= 0.3 is 0 Å². The van der Waals surface area contributed by atoms with E-state index in [1.54, 1.807) is 0 Å². The van der Waals surface area contributed by atoms with Crippen LogP contribution in [0.25, 0.3) is 0 Å². The Balaban J connectivity index is 0.00000288. The van der Waals surface area contributed by atoms with Crippen molar-refractivity contribution in [1.29, 1.82) is 0 Å². The van der Waals surface area contributed by atoms with E-state index in [1.807, 2.05) is 6.92 Å². The molecule has 2 saturated carbocycles. The zero-order valence-corrected chi connectivity index (χ0v) is 17.3. The van der Waals surface area contributed by atoms with Gasteiger partial charge in [0.1, 0.15) is 0 Å². The first-order chi connectivity index (χ1) is 11.2. The molecule has 0 aromatic carbocycles. The number of amides is 1. The molecule has 0 aromatic heterocycles. The summed E-state index contributed by atoms with van der Waals surface area (Å²) in [5, 5.41) is 9.98. The Hall–Kier alpha value is -0.790. The molecule has 0 aliphatic heterocycles. The van der Waals surface area contributed by atoms with Gasteiger partial charge in [-0.3, -0.25) is 9.79 Å². The van der Waals surface area contributed by atoms with E-state index in [-0.39, 0.29) is 35.8 Å². The molecule has 138 valence electrons. The molecule has 0 radical (unpaired) electrons. The van der Waals surface area contributed by atoms with Gasteiger partial charge in [0.05, 0.1) is 0 Å². The lowest BCUT2D eigenvalue weighted by Gasteiger charge is -2.30. The van der Waals surface area contributed by atoms with Gasteiger partial charge in [-0.25, -0.2) is 0 Å². The summed E-state index contributed by atoms with van der Waals surface area (Å²) < 4.78 is 0. The van der Waals surface area contributed by atoms with Gasteiger partial charge in [-0.15, -0.1) is 24.0 Å². The molecule has 2 unspecified atom stereocenters. The number of hydrogen-bond acceptors (Lipinski definition) is 2. The molecule has 0 bridgehead atoms. The Morgan fingerprint density at radius 1 is 1.17 bits per heavy atom. The summed E-state index contributed by atoms with van der Waals surface area (Å²) >= 11 is 0. The second-order valence-electron chi connectivity index (χ2n) is 6.61. The quantitative estimate of drug-likeness (QED) is 0.185. The van der Waals surface area contributed by atoms with Crippen LogP contribution in [0.1, 0.15) is 58.8 Å². The Kier molecular flexibility index (Phi) is 10.4. The second kappa shape index (κ2) is 11.7. The summed E-state index contributed by atoms with van der Waals surface area (Å²) in [5.41, 5.74) is 0. The van der Waals surface area contributed by atoms with Gasteiger partial charge < -0.3 is 16.0 Å². The van der Waals surface area contributed by atoms with E-state index >= 15 is 0 Å². The number of nitrogens with one attached hydrogen (secondary N) is 3. The molecule has 2 atom stereocenters. The van der Waals surface area contributed by atoms with Crippen LogP contribution in [-0.2, 0) is 4.79 Å². The normalized spacial score (nSPS) is 24.3. The largest absolute Gasteiger partial charge is 0.357 e. The average Bonchev–Trinajstić information content (AvgIpc) is 3.36. The van der Waals surface area contributed by atoms with Gasteiger partial charge in [0.2, 0.25) is 5.91 Å². The first kappa shape index (κ1) is 21.3. The van der Waals surface area contributed by atoms with Crippen molar-refractivity contribution in [3.8, 4) is 0 Å². The van der Waals surface area contributed by atoms with Gasteiger partial charge in [-0.1, -0.05) is 18.6 Å². The highest BCUT2D eigenvalue weighted by atomic mass is 127.